The number of nitrogens with one attached hydrogen (secondary N) is 1. The van der Waals surface area contributed by atoms with Gasteiger partial charge in [-0.05, 0) is 38.5 Å². The van der Waals surface area contributed by atoms with Gasteiger partial charge in [-0.25, -0.2) is 4.98 Å². The Morgan fingerprint density at radius 1 is 1.33 bits per heavy atom. The van der Waals surface area contributed by atoms with Gasteiger partial charge in [0.25, 0.3) is 5.91 Å². The van der Waals surface area contributed by atoms with Gasteiger partial charge in [0.1, 0.15) is 4.88 Å². The van der Waals surface area contributed by atoms with Crippen molar-refractivity contribution in [2.75, 3.05) is 5.32 Å². The molecule has 0 bridgehead atoms. The molecule has 18 heavy (non-hydrogen) atoms. The van der Waals surface area contributed by atoms with Crippen LogP contribution < -0.4 is 5.32 Å². The molecule has 0 unspecified atom stereocenters. The lowest BCUT2D eigenvalue weighted by Crippen LogP contribution is -2.12. The Labute approximate surface area is 115 Å². The molecule has 0 saturated heterocycles. The average molecular weight is 281 g/mol. The number of hydrogen-bond donors (Lipinski definition) is 1. The van der Waals surface area contributed by atoms with Crippen LogP contribution in [0.2, 0.25) is 5.02 Å². The highest BCUT2D eigenvalue weighted by atomic mass is 35.5. The van der Waals surface area contributed by atoms with E-state index in [0.717, 1.165) is 22.0 Å². The van der Waals surface area contributed by atoms with Crippen LogP contribution in [-0.2, 0) is 0 Å². The zero-order valence-corrected chi connectivity index (χ0v) is 11.9. The van der Waals surface area contributed by atoms with Crippen LogP contribution in [0.25, 0.3) is 0 Å². The van der Waals surface area contributed by atoms with E-state index in [9.17, 15) is 4.79 Å². The first-order valence-electron chi connectivity index (χ1n) is 5.49. The molecule has 94 valence electrons. The summed E-state index contributed by atoms with van der Waals surface area (Å²) in [6, 6.07) is 5.45. The smallest absolute Gasteiger partial charge is 0.267 e. The van der Waals surface area contributed by atoms with Gasteiger partial charge >= 0.3 is 0 Å². The number of halogens is 1. The molecular formula is C13H13ClN2OS. The first-order valence-corrected chi connectivity index (χ1v) is 6.69. The minimum Gasteiger partial charge on any atom is -0.321 e. The molecule has 0 radical (unpaired) electrons. The van der Waals surface area contributed by atoms with Crippen molar-refractivity contribution in [3.8, 4) is 0 Å². The Balaban J connectivity index is 2.27. The summed E-state index contributed by atoms with van der Waals surface area (Å²) in [6.07, 6.45) is 0. The topological polar surface area (TPSA) is 42.0 Å². The summed E-state index contributed by atoms with van der Waals surface area (Å²) in [4.78, 5) is 17.0. The monoisotopic (exact) mass is 280 g/mol. The number of rotatable bonds is 2. The molecule has 1 aromatic carbocycles. The van der Waals surface area contributed by atoms with Gasteiger partial charge in [0.15, 0.2) is 0 Å². The maximum absolute atomic E-state index is 12.1. The average Bonchev–Trinajstić information content (AvgIpc) is 2.64. The molecule has 0 fully saturated rings. The van der Waals surface area contributed by atoms with Gasteiger partial charge in [0.2, 0.25) is 0 Å². The highest BCUT2D eigenvalue weighted by Gasteiger charge is 2.15. The molecule has 3 nitrogen and oxygen atoms in total. The van der Waals surface area contributed by atoms with Gasteiger partial charge in [-0.15, -0.1) is 11.3 Å². The highest BCUT2D eigenvalue weighted by Crippen LogP contribution is 2.25. The Bertz CT molecular complexity index is 607. The second-order valence-electron chi connectivity index (χ2n) is 4.01. The third kappa shape index (κ3) is 2.54. The molecule has 0 spiro atoms. The number of nitrogens with zero attached hydrogens (tertiary/aromatic N) is 1. The summed E-state index contributed by atoms with van der Waals surface area (Å²) in [7, 11) is 0. The maximum atomic E-state index is 12.1. The molecule has 2 aromatic rings. The van der Waals surface area contributed by atoms with Crippen molar-refractivity contribution >= 4 is 34.5 Å². The molecule has 1 amide bonds. The van der Waals surface area contributed by atoms with Gasteiger partial charge in [-0.2, -0.15) is 0 Å². The van der Waals surface area contributed by atoms with Crippen molar-refractivity contribution in [1.29, 1.82) is 0 Å². The molecule has 0 atom stereocenters. The molecule has 0 aliphatic carbocycles. The van der Waals surface area contributed by atoms with E-state index in [4.69, 9.17) is 11.6 Å². The van der Waals surface area contributed by atoms with E-state index >= 15 is 0 Å². The van der Waals surface area contributed by atoms with Crippen LogP contribution in [0.4, 0.5) is 5.69 Å². The van der Waals surface area contributed by atoms with Crippen LogP contribution in [0.15, 0.2) is 18.2 Å². The van der Waals surface area contributed by atoms with Crippen LogP contribution in [0.5, 0.6) is 0 Å². The second kappa shape index (κ2) is 5.08. The third-order valence-electron chi connectivity index (χ3n) is 2.63. The largest absolute Gasteiger partial charge is 0.321 e. The maximum Gasteiger partial charge on any atom is 0.267 e. The summed E-state index contributed by atoms with van der Waals surface area (Å²) >= 11 is 7.41. The third-order valence-corrected chi connectivity index (χ3v) is 4.11. The predicted octanol–water partition coefficient (Wildman–Crippen LogP) is 3.97. The van der Waals surface area contributed by atoms with E-state index in [1.165, 1.54) is 11.3 Å². The predicted molar refractivity (Wildman–Crippen MR) is 75.7 cm³/mol. The normalized spacial score (nSPS) is 10.4. The Kier molecular flexibility index (Phi) is 3.68. The number of amides is 1. The number of thiazole rings is 1. The van der Waals surface area contributed by atoms with E-state index in [1.54, 1.807) is 6.07 Å². The number of aromatic nitrogens is 1. The fourth-order valence-corrected chi connectivity index (χ4v) is 2.65. The fraction of sp³-hybridized carbons (Fsp3) is 0.231. The van der Waals surface area contributed by atoms with E-state index < -0.39 is 0 Å². The van der Waals surface area contributed by atoms with Crippen molar-refractivity contribution in [2.45, 2.75) is 20.8 Å². The van der Waals surface area contributed by atoms with Crippen LogP contribution >= 0.6 is 22.9 Å². The summed E-state index contributed by atoms with van der Waals surface area (Å²) in [5.74, 6) is -0.136. The summed E-state index contributed by atoms with van der Waals surface area (Å²) in [5, 5.41) is 4.40. The van der Waals surface area contributed by atoms with E-state index in [0.29, 0.717) is 9.90 Å². The Morgan fingerprint density at radius 3 is 2.67 bits per heavy atom. The van der Waals surface area contributed by atoms with Crippen LogP contribution in [-0.4, -0.2) is 10.9 Å². The SMILES string of the molecule is Cc1nc(C)c(C(=O)Nc2cccc(Cl)c2C)s1. The Morgan fingerprint density at radius 2 is 2.06 bits per heavy atom. The van der Waals surface area contributed by atoms with E-state index in [-0.39, 0.29) is 5.91 Å². The van der Waals surface area contributed by atoms with E-state index in [2.05, 4.69) is 10.3 Å². The Hall–Kier alpha value is -1.39. The second-order valence-corrected chi connectivity index (χ2v) is 5.62. The number of hydrogen-bond acceptors (Lipinski definition) is 3. The molecule has 1 aromatic heterocycles. The van der Waals surface area contributed by atoms with Crippen molar-refractivity contribution in [3.05, 3.63) is 44.4 Å². The highest BCUT2D eigenvalue weighted by molar-refractivity contribution is 7.13. The first-order chi connectivity index (χ1) is 8.49. The van der Waals surface area contributed by atoms with Crippen LogP contribution in [0.3, 0.4) is 0 Å². The molecular weight excluding hydrogens is 268 g/mol. The summed E-state index contributed by atoms with van der Waals surface area (Å²) < 4.78 is 0. The minimum atomic E-state index is -0.136. The fourth-order valence-electron chi connectivity index (χ4n) is 1.66. The zero-order valence-electron chi connectivity index (χ0n) is 10.4. The first kappa shape index (κ1) is 13.1. The number of benzene rings is 1. The lowest BCUT2D eigenvalue weighted by Gasteiger charge is -2.08. The number of carbonyl (C=O) groups is 1. The molecule has 1 N–H and O–H groups in total. The van der Waals surface area contributed by atoms with Crippen molar-refractivity contribution in [2.24, 2.45) is 0 Å². The van der Waals surface area contributed by atoms with Crippen LogP contribution in [0.1, 0.15) is 25.9 Å². The van der Waals surface area contributed by atoms with Gasteiger partial charge in [0.05, 0.1) is 10.7 Å². The van der Waals surface area contributed by atoms with Gasteiger partial charge in [0, 0.05) is 10.7 Å². The molecule has 0 aliphatic heterocycles. The number of aryl methyl sites for hydroxylation is 2. The minimum absolute atomic E-state index is 0.136. The molecule has 1 heterocycles. The molecule has 0 aliphatic rings. The molecule has 2 rings (SSSR count). The standard InChI is InChI=1S/C13H13ClN2OS/c1-7-10(14)5-4-6-11(7)16-13(17)12-8(2)15-9(3)18-12/h4-6H,1-3H3,(H,16,17). The van der Waals surface area contributed by atoms with Gasteiger partial charge in [-0.3, -0.25) is 4.79 Å². The van der Waals surface area contributed by atoms with E-state index in [1.807, 2.05) is 32.9 Å². The van der Waals surface area contributed by atoms with Gasteiger partial charge < -0.3 is 5.32 Å². The van der Waals surface area contributed by atoms with Crippen molar-refractivity contribution < 1.29 is 4.79 Å². The van der Waals surface area contributed by atoms with Crippen molar-refractivity contribution in [1.82, 2.24) is 4.98 Å². The number of anilines is 1. The zero-order chi connectivity index (χ0) is 13.3. The lowest BCUT2D eigenvalue weighted by molar-refractivity contribution is 0.102. The van der Waals surface area contributed by atoms with Crippen molar-refractivity contribution in [3.63, 3.8) is 0 Å². The molecule has 5 heteroatoms. The summed E-state index contributed by atoms with van der Waals surface area (Å²) in [5.41, 5.74) is 2.36. The summed E-state index contributed by atoms with van der Waals surface area (Å²) in [6.45, 7) is 5.60. The quantitative estimate of drug-likeness (QED) is 0.904. The molecule has 0 saturated carbocycles. The lowest BCUT2D eigenvalue weighted by atomic mass is 10.2. The van der Waals surface area contributed by atoms with Crippen LogP contribution in [0, 0.1) is 20.8 Å². The number of carbonyl (C=O) groups excluding carboxylic acids is 1. The van der Waals surface area contributed by atoms with Gasteiger partial charge in [-0.1, -0.05) is 17.7 Å².